The highest BCUT2D eigenvalue weighted by Gasteiger charge is 2.28. The molecule has 0 aliphatic rings. The monoisotopic (exact) mass is 346 g/mol. The summed E-state index contributed by atoms with van der Waals surface area (Å²) >= 11 is 0. The number of aromatic nitrogens is 2. The van der Waals surface area contributed by atoms with E-state index in [0.29, 0.717) is 11.4 Å². The van der Waals surface area contributed by atoms with Crippen molar-refractivity contribution in [2.24, 2.45) is 7.05 Å². The number of nitrogens with zero attached hydrogens (tertiary/aromatic N) is 3. The Balaban J connectivity index is 2.05. The van der Waals surface area contributed by atoms with E-state index in [4.69, 9.17) is 0 Å². The molecule has 0 aliphatic heterocycles. The zero-order valence-corrected chi connectivity index (χ0v) is 14.9. The van der Waals surface area contributed by atoms with Crippen molar-refractivity contribution >= 4 is 17.5 Å². The molecule has 1 N–H and O–H groups in total. The van der Waals surface area contributed by atoms with E-state index in [1.54, 1.807) is 24.0 Å². The molecule has 6 nitrogen and oxygen atoms in total. The average Bonchev–Trinajstić information content (AvgIpc) is 2.91. The van der Waals surface area contributed by atoms with Crippen LogP contribution in [0, 0.1) is 5.82 Å². The summed E-state index contributed by atoms with van der Waals surface area (Å²) in [6, 6.07) is 7.26. The first kappa shape index (κ1) is 18.6. The normalized spacial score (nSPS) is 11.2. The summed E-state index contributed by atoms with van der Waals surface area (Å²) in [4.78, 5) is 26.5. The summed E-state index contributed by atoms with van der Waals surface area (Å²) in [6.07, 6.45) is 1.90. The van der Waals surface area contributed by atoms with Crippen LogP contribution >= 0.6 is 0 Å². The number of aryl methyl sites for hydroxylation is 1. The van der Waals surface area contributed by atoms with E-state index < -0.39 is 5.54 Å². The van der Waals surface area contributed by atoms with Crippen LogP contribution in [0.3, 0.4) is 0 Å². The molecule has 1 heterocycles. The van der Waals surface area contributed by atoms with Crippen molar-refractivity contribution < 1.29 is 14.0 Å². The topological polar surface area (TPSA) is 67.2 Å². The third-order valence-corrected chi connectivity index (χ3v) is 3.64. The fraction of sp³-hybridized carbons (Fsp3) is 0.389. The van der Waals surface area contributed by atoms with Gasteiger partial charge in [-0.25, -0.2) is 4.39 Å². The highest BCUT2D eigenvalue weighted by molar-refractivity contribution is 5.94. The second kappa shape index (κ2) is 7.46. The Morgan fingerprint density at radius 2 is 1.84 bits per heavy atom. The number of rotatable bonds is 5. The predicted octanol–water partition coefficient (Wildman–Crippen LogP) is 2.37. The average molecular weight is 346 g/mol. The number of benzene rings is 1. The van der Waals surface area contributed by atoms with E-state index in [2.05, 4.69) is 10.4 Å². The van der Waals surface area contributed by atoms with Crippen LogP contribution < -0.4 is 5.32 Å². The summed E-state index contributed by atoms with van der Waals surface area (Å²) < 4.78 is 14.6. The molecule has 2 amide bonds. The molecule has 1 aromatic heterocycles. The number of halogens is 1. The molecule has 2 rings (SSSR count). The quantitative estimate of drug-likeness (QED) is 0.904. The third kappa shape index (κ3) is 5.41. The van der Waals surface area contributed by atoms with Crippen molar-refractivity contribution in [3.05, 3.63) is 48.0 Å². The molecule has 0 aliphatic carbocycles. The van der Waals surface area contributed by atoms with Gasteiger partial charge in [0.05, 0.1) is 12.1 Å². The molecule has 0 saturated carbocycles. The van der Waals surface area contributed by atoms with Crippen LogP contribution in [-0.2, 0) is 23.1 Å². The first-order chi connectivity index (χ1) is 11.6. The van der Waals surface area contributed by atoms with E-state index in [1.807, 2.05) is 20.8 Å². The molecule has 134 valence electrons. The Bertz CT molecular complexity index is 747. The molecule has 7 heteroatoms. The van der Waals surface area contributed by atoms with Gasteiger partial charge in [0.15, 0.2) is 0 Å². The fourth-order valence-corrected chi connectivity index (χ4v) is 2.38. The van der Waals surface area contributed by atoms with Gasteiger partial charge in [-0.2, -0.15) is 5.10 Å². The van der Waals surface area contributed by atoms with Gasteiger partial charge in [0, 0.05) is 24.5 Å². The van der Waals surface area contributed by atoms with Crippen LogP contribution in [0.4, 0.5) is 10.1 Å². The maximum Gasteiger partial charge on any atom is 0.244 e. The molecule has 0 unspecified atom stereocenters. The van der Waals surface area contributed by atoms with E-state index in [1.165, 1.54) is 29.2 Å². The minimum absolute atomic E-state index is 0.0907. The van der Waals surface area contributed by atoms with Crippen LogP contribution in [-0.4, -0.2) is 38.6 Å². The molecule has 1 aromatic carbocycles. The molecule has 0 fully saturated rings. The largest absolute Gasteiger partial charge is 0.328 e. The molecule has 0 bridgehead atoms. The highest BCUT2D eigenvalue weighted by atomic mass is 19.1. The molecule has 25 heavy (non-hydrogen) atoms. The Kier molecular flexibility index (Phi) is 5.56. The lowest BCUT2D eigenvalue weighted by molar-refractivity contribution is -0.138. The Morgan fingerprint density at radius 1 is 1.20 bits per heavy atom. The summed E-state index contributed by atoms with van der Waals surface area (Å²) in [6.45, 7) is 5.52. The summed E-state index contributed by atoms with van der Waals surface area (Å²) in [5.41, 5.74) is 0.615. The highest BCUT2D eigenvalue weighted by Crippen LogP contribution is 2.16. The Hall–Kier alpha value is -2.70. The molecule has 2 aromatic rings. The zero-order valence-electron chi connectivity index (χ0n) is 14.9. The Labute approximate surface area is 146 Å². The smallest absolute Gasteiger partial charge is 0.244 e. The summed E-state index contributed by atoms with van der Waals surface area (Å²) in [5, 5.41) is 6.88. The van der Waals surface area contributed by atoms with E-state index in [-0.39, 0.29) is 30.6 Å². The minimum Gasteiger partial charge on any atom is -0.328 e. The second-order valence-corrected chi connectivity index (χ2v) is 6.86. The van der Waals surface area contributed by atoms with Crippen LogP contribution in [0.15, 0.2) is 36.5 Å². The molecular weight excluding hydrogens is 323 g/mol. The predicted molar refractivity (Wildman–Crippen MR) is 93.4 cm³/mol. The van der Waals surface area contributed by atoms with Gasteiger partial charge >= 0.3 is 0 Å². The van der Waals surface area contributed by atoms with Crippen molar-refractivity contribution in [1.29, 1.82) is 0 Å². The van der Waals surface area contributed by atoms with Crippen molar-refractivity contribution in [3.63, 3.8) is 0 Å². The van der Waals surface area contributed by atoms with Crippen LogP contribution in [0.2, 0.25) is 0 Å². The Morgan fingerprint density at radius 3 is 2.36 bits per heavy atom. The molecular formula is C18H23FN4O2. The standard InChI is InChI=1S/C18H23FN4O2/c1-18(2,3)23(17(25)11-15-9-10-22(4)21-15)12-16(24)20-14-7-5-13(19)6-8-14/h5-10H,11-12H2,1-4H3,(H,20,24). The lowest BCUT2D eigenvalue weighted by Gasteiger charge is -2.35. The fourth-order valence-electron chi connectivity index (χ4n) is 2.38. The van der Waals surface area contributed by atoms with Gasteiger partial charge in [-0.1, -0.05) is 0 Å². The van der Waals surface area contributed by atoms with Crippen molar-refractivity contribution in [2.75, 3.05) is 11.9 Å². The van der Waals surface area contributed by atoms with Gasteiger partial charge in [-0.05, 0) is 51.1 Å². The van der Waals surface area contributed by atoms with Gasteiger partial charge in [0.25, 0.3) is 0 Å². The second-order valence-electron chi connectivity index (χ2n) is 6.86. The van der Waals surface area contributed by atoms with E-state index in [9.17, 15) is 14.0 Å². The maximum atomic E-state index is 12.9. The van der Waals surface area contributed by atoms with E-state index >= 15 is 0 Å². The van der Waals surface area contributed by atoms with E-state index in [0.717, 1.165) is 0 Å². The van der Waals surface area contributed by atoms with Crippen LogP contribution in [0.1, 0.15) is 26.5 Å². The van der Waals surface area contributed by atoms with Crippen molar-refractivity contribution in [1.82, 2.24) is 14.7 Å². The lowest BCUT2D eigenvalue weighted by atomic mass is 10.0. The van der Waals surface area contributed by atoms with Crippen molar-refractivity contribution in [2.45, 2.75) is 32.7 Å². The molecule has 0 atom stereocenters. The SMILES string of the molecule is Cn1ccc(CC(=O)N(CC(=O)Nc2ccc(F)cc2)C(C)(C)C)n1. The van der Waals surface area contributed by atoms with Gasteiger partial charge in [0.1, 0.15) is 12.4 Å². The first-order valence-corrected chi connectivity index (χ1v) is 7.99. The number of hydrogen-bond acceptors (Lipinski definition) is 3. The number of carbonyl (C=O) groups excluding carboxylic acids is 2. The molecule has 0 spiro atoms. The summed E-state index contributed by atoms with van der Waals surface area (Å²) in [7, 11) is 1.78. The number of anilines is 1. The number of carbonyl (C=O) groups is 2. The minimum atomic E-state index is -0.522. The lowest BCUT2D eigenvalue weighted by Crippen LogP contribution is -2.50. The molecule has 0 radical (unpaired) electrons. The zero-order chi connectivity index (χ0) is 18.6. The maximum absolute atomic E-state index is 12.9. The first-order valence-electron chi connectivity index (χ1n) is 7.99. The summed E-state index contributed by atoms with van der Waals surface area (Å²) in [5.74, 6) is -0.892. The number of amides is 2. The van der Waals surface area contributed by atoms with Gasteiger partial charge in [-0.15, -0.1) is 0 Å². The number of nitrogens with one attached hydrogen (secondary N) is 1. The number of hydrogen-bond donors (Lipinski definition) is 1. The van der Waals surface area contributed by atoms with Crippen molar-refractivity contribution in [3.8, 4) is 0 Å². The third-order valence-electron chi connectivity index (χ3n) is 3.64. The van der Waals surface area contributed by atoms with Gasteiger partial charge in [0.2, 0.25) is 11.8 Å². The van der Waals surface area contributed by atoms with Crippen LogP contribution in [0.5, 0.6) is 0 Å². The van der Waals surface area contributed by atoms with Gasteiger partial charge in [-0.3, -0.25) is 14.3 Å². The van der Waals surface area contributed by atoms with Gasteiger partial charge < -0.3 is 10.2 Å². The van der Waals surface area contributed by atoms with Crippen LogP contribution in [0.25, 0.3) is 0 Å². The molecule has 0 saturated heterocycles.